The zero-order valence-corrected chi connectivity index (χ0v) is 23.3. The molecule has 0 bridgehead atoms. The van der Waals surface area contributed by atoms with Gasteiger partial charge in [-0.3, -0.25) is 14.3 Å². The lowest BCUT2D eigenvalue weighted by Crippen LogP contribution is -2.20. The summed E-state index contributed by atoms with van der Waals surface area (Å²) < 4.78 is 77.2. The Morgan fingerprint density at radius 2 is 1.70 bits per heavy atom. The summed E-state index contributed by atoms with van der Waals surface area (Å²) in [6, 6.07) is 20.3. The van der Waals surface area contributed by atoms with Crippen LogP contribution in [0.1, 0.15) is 22.3 Å². The van der Waals surface area contributed by atoms with Gasteiger partial charge in [0.25, 0.3) is 10.1 Å². The maximum atomic E-state index is 13.4. The quantitative estimate of drug-likeness (QED) is 0.156. The van der Waals surface area contributed by atoms with Gasteiger partial charge in [-0.05, 0) is 70.1 Å². The third-order valence-electron chi connectivity index (χ3n) is 7.61. The second kappa shape index (κ2) is 10.5. The van der Waals surface area contributed by atoms with Crippen molar-refractivity contribution in [3.63, 3.8) is 0 Å². The maximum Gasteiger partial charge on any atom is 0.416 e. The number of aromatic nitrogens is 1. The van der Waals surface area contributed by atoms with Crippen molar-refractivity contribution in [2.45, 2.75) is 24.0 Å². The molecule has 0 saturated carbocycles. The number of halogens is 3. The Morgan fingerprint density at radius 3 is 2.40 bits per heavy atom. The molecule has 2 N–H and O–H groups in total. The predicted octanol–water partition coefficient (Wildman–Crippen LogP) is 7.21. The number of rotatable bonds is 6. The summed E-state index contributed by atoms with van der Waals surface area (Å²) in [5.74, 6) is -0.366. The minimum absolute atomic E-state index is 0.0630. The standard InChI is InChI=1S/C33H23F3N2O4S/c1-2-29(39)38-18-21-11-14-25(31-24(21)8-5-15-37-31)30-28-16-20-6-3-4-7-23(20)27(28)17-26(32(30)43(40,41)42)19-9-12-22(13-10-19)33(34,35)36/h2-15,17H,1,16,18H2,(H,38,39)(H,40,41,42). The van der Waals surface area contributed by atoms with Crippen molar-refractivity contribution in [3.05, 3.63) is 120 Å². The third-order valence-corrected chi connectivity index (χ3v) is 8.55. The molecule has 6 rings (SSSR count). The molecular formula is C33H23F3N2O4S. The van der Waals surface area contributed by atoms with Gasteiger partial charge in [-0.1, -0.05) is 61.2 Å². The molecule has 43 heavy (non-hydrogen) atoms. The van der Waals surface area contributed by atoms with Crippen molar-refractivity contribution in [1.29, 1.82) is 0 Å². The molecule has 0 spiro atoms. The highest BCUT2D eigenvalue weighted by atomic mass is 32.2. The average Bonchev–Trinajstić information content (AvgIpc) is 3.36. The smallest absolute Gasteiger partial charge is 0.348 e. The first-order valence-corrected chi connectivity index (χ1v) is 14.6. The Bertz CT molecular complexity index is 2050. The van der Waals surface area contributed by atoms with E-state index in [4.69, 9.17) is 0 Å². The van der Waals surface area contributed by atoms with Crippen LogP contribution in [0.2, 0.25) is 0 Å². The topological polar surface area (TPSA) is 96.4 Å². The van der Waals surface area contributed by atoms with E-state index in [0.717, 1.165) is 29.3 Å². The molecule has 1 heterocycles. The van der Waals surface area contributed by atoms with E-state index in [1.165, 1.54) is 12.1 Å². The number of fused-ring (bicyclic) bond motifs is 4. The number of nitrogens with zero attached hydrogens (tertiary/aromatic N) is 1. The van der Waals surface area contributed by atoms with Crippen molar-refractivity contribution < 1.29 is 30.9 Å². The second-order valence-corrected chi connectivity index (χ2v) is 11.5. The van der Waals surface area contributed by atoms with Gasteiger partial charge in [0.2, 0.25) is 5.91 Å². The number of amides is 1. The normalized spacial score (nSPS) is 12.6. The van der Waals surface area contributed by atoms with E-state index >= 15 is 0 Å². The van der Waals surface area contributed by atoms with Gasteiger partial charge in [0.05, 0.1) is 11.1 Å². The van der Waals surface area contributed by atoms with Crippen LogP contribution in [-0.2, 0) is 34.1 Å². The molecule has 0 saturated heterocycles. The molecule has 10 heteroatoms. The fourth-order valence-electron chi connectivity index (χ4n) is 5.70. The van der Waals surface area contributed by atoms with Crippen molar-refractivity contribution in [2.75, 3.05) is 0 Å². The van der Waals surface area contributed by atoms with Gasteiger partial charge < -0.3 is 5.32 Å². The first-order valence-electron chi connectivity index (χ1n) is 13.2. The summed E-state index contributed by atoms with van der Waals surface area (Å²) in [4.78, 5) is 16.0. The van der Waals surface area contributed by atoms with Crippen LogP contribution in [-0.4, -0.2) is 23.9 Å². The number of hydrogen-bond acceptors (Lipinski definition) is 4. The summed E-state index contributed by atoms with van der Waals surface area (Å²) in [5.41, 5.74) is 4.30. The number of nitrogens with one attached hydrogen (secondary N) is 1. The van der Waals surface area contributed by atoms with Crippen molar-refractivity contribution in [2.24, 2.45) is 0 Å². The number of carbonyl (C=O) groups is 1. The van der Waals surface area contributed by atoms with Crippen LogP contribution >= 0.6 is 0 Å². The van der Waals surface area contributed by atoms with Gasteiger partial charge in [0.15, 0.2) is 0 Å². The van der Waals surface area contributed by atoms with Gasteiger partial charge >= 0.3 is 6.18 Å². The van der Waals surface area contributed by atoms with Crippen LogP contribution in [0.25, 0.3) is 44.3 Å². The van der Waals surface area contributed by atoms with Gasteiger partial charge in [-0.25, -0.2) is 0 Å². The van der Waals surface area contributed by atoms with Crippen molar-refractivity contribution >= 4 is 26.9 Å². The fourth-order valence-corrected chi connectivity index (χ4v) is 6.65. The maximum absolute atomic E-state index is 13.4. The molecule has 1 aliphatic carbocycles. The van der Waals surface area contributed by atoms with E-state index in [-0.39, 0.29) is 29.1 Å². The third kappa shape index (κ3) is 5.09. The fraction of sp³-hybridized carbons (Fsp3) is 0.0909. The summed E-state index contributed by atoms with van der Waals surface area (Å²) >= 11 is 0. The predicted molar refractivity (Wildman–Crippen MR) is 158 cm³/mol. The Morgan fingerprint density at radius 1 is 0.953 bits per heavy atom. The molecule has 0 unspecified atom stereocenters. The Labute approximate surface area is 245 Å². The highest BCUT2D eigenvalue weighted by Gasteiger charge is 2.34. The Kier molecular flexibility index (Phi) is 6.90. The van der Waals surface area contributed by atoms with Crippen LogP contribution < -0.4 is 5.32 Å². The molecule has 0 radical (unpaired) electrons. The van der Waals surface area contributed by atoms with Crippen LogP contribution in [0.15, 0.2) is 103 Å². The number of hydrogen-bond donors (Lipinski definition) is 2. The molecule has 1 aromatic heterocycles. The van der Waals surface area contributed by atoms with Crippen molar-refractivity contribution in [1.82, 2.24) is 10.3 Å². The van der Waals surface area contributed by atoms with Crippen LogP contribution in [0.3, 0.4) is 0 Å². The van der Waals surface area contributed by atoms with E-state index in [2.05, 4.69) is 16.9 Å². The molecule has 0 aliphatic heterocycles. The van der Waals surface area contributed by atoms with Gasteiger partial charge in [0.1, 0.15) is 4.90 Å². The molecule has 4 aromatic carbocycles. The molecular weight excluding hydrogens is 577 g/mol. The summed E-state index contributed by atoms with van der Waals surface area (Å²) in [6.07, 6.45) is -1.51. The SMILES string of the molecule is C=CC(=O)NCc1ccc(-c2c3c(cc(-c4ccc(C(F)(F)F)cc4)c2S(=O)(=O)O)-c2ccccc2C3)c2ncccc12. The highest BCUT2D eigenvalue weighted by molar-refractivity contribution is 7.86. The summed E-state index contributed by atoms with van der Waals surface area (Å²) in [7, 11) is -4.93. The average molecular weight is 601 g/mol. The highest BCUT2D eigenvalue weighted by Crippen LogP contribution is 2.49. The Hall–Kier alpha value is -4.80. The lowest BCUT2D eigenvalue weighted by atomic mass is 9.88. The van der Waals surface area contributed by atoms with Crippen molar-refractivity contribution in [3.8, 4) is 33.4 Å². The number of alkyl halides is 3. The van der Waals surface area contributed by atoms with Gasteiger partial charge in [-0.2, -0.15) is 21.6 Å². The first kappa shape index (κ1) is 28.3. The van der Waals surface area contributed by atoms with E-state index in [1.54, 1.807) is 36.5 Å². The molecule has 5 aromatic rings. The van der Waals surface area contributed by atoms with E-state index in [0.29, 0.717) is 39.6 Å². The molecule has 0 atom stereocenters. The molecule has 1 aliphatic rings. The summed E-state index contributed by atoms with van der Waals surface area (Å²) in [6.45, 7) is 3.62. The van der Waals surface area contributed by atoms with Gasteiger partial charge in [0, 0.05) is 34.8 Å². The van der Waals surface area contributed by atoms with E-state index < -0.39 is 26.8 Å². The molecule has 216 valence electrons. The second-order valence-electron chi connectivity index (χ2n) is 10.1. The lowest BCUT2D eigenvalue weighted by Gasteiger charge is -2.20. The molecule has 6 nitrogen and oxygen atoms in total. The van der Waals surface area contributed by atoms with Gasteiger partial charge in [-0.15, -0.1) is 0 Å². The number of carbonyl (C=O) groups excluding carboxylic acids is 1. The van der Waals surface area contributed by atoms with Crippen LogP contribution in [0.4, 0.5) is 13.2 Å². The Balaban J connectivity index is 1.68. The molecule has 0 fully saturated rings. The van der Waals surface area contributed by atoms with E-state index in [1.807, 2.05) is 24.3 Å². The lowest BCUT2D eigenvalue weighted by molar-refractivity contribution is -0.137. The zero-order chi connectivity index (χ0) is 30.5. The number of benzene rings is 4. The molecule has 1 amide bonds. The van der Waals surface area contributed by atoms with Crippen LogP contribution in [0, 0.1) is 0 Å². The number of pyridine rings is 1. The zero-order valence-electron chi connectivity index (χ0n) is 22.4. The monoisotopic (exact) mass is 600 g/mol. The first-order chi connectivity index (χ1) is 20.5. The van der Waals surface area contributed by atoms with Crippen LogP contribution in [0.5, 0.6) is 0 Å². The summed E-state index contributed by atoms with van der Waals surface area (Å²) in [5, 5.41) is 3.38. The van der Waals surface area contributed by atoms with E-state index in [9.17, 15) is 30.9 Å². The minimum atomic E-state index is -4.93. The minimum Gasteiger partial charge on any atom is -0.348 e. The largest absolute Gasteiger partial charge is 0.416 e.